The first kappa shape index (κ1) is 13.8. The Morgan fingerprint density at radius 2 is 2.05 bits per heavy atom. The Morgan fingerprint density at radius 3 is 2.58 bits per heavy atom. The largest absolute Gasteiger partial charge is 0.476 e. The molecule has 1 saturated carbocycles. The molecule has 0 aliphatic heterocycles. The molecule has 0 bridgehead atoms. The third-order valence-electron chi connectivity index (χ3n) is 3.55. The highest BCUT2D eigenvalue weighted by atomic mass is 16.5. The lowest BCUT2D eigenvalue weighted by Crippen LogP contribution is -2.19. The van der Waals surface area contributed by atoms with Crippen molar-refractivity contribution in [1.29, 1.82) is 5.41 Å². The Bertz CT molecular complexity index is 469. The number of nitrogens with zero attached hydrogens (tertiary/aromatic N) is 2. The number of ether oxygens (including phenoxy) is 1. The van der Waals surface area contributed by atoms with Crippen LogP contribution in [0.15, 0.2) is 0 Å². The third-order valence-corrected chi connectivity index (χ3v) is 3.55. The summed E-state index contributed by atoms with van der Waals surface area (Å²) in [6.07, 6.45) is 5.24. The fraction of sp³-hybridized carbons (Fsp3) is 0.643. The maximum Gasteiger partial charge on any atom is 0.244 e. The van der Waals surface area contributed by atoms with Crippen molar-refractivity contribution in [3.63, 3.8) is 0 Å². The maximum atomic E-state index is 7.75. The molecule has 2 rings (SSSR count). The molecule has 5 heteroatoms. The van der Waals surface area contributed by atoms with E-state index in [4.69, 9.17) is 15.9 Å². The topological polar surface area (TPSA) is 84.9 Å². The maximum absolute atomic E-state index is 7.75. The van der Waals surface area contributed by atoms with E-state index in [-0.39, 0.29) is 5.84 Å². The Labute approximate surface area is 114 Å². The molecule has 1 fully saturated rings. The van der Waals surface area contributed by atoms with Crippen LogP contribution in [0.2, 0.25) is 0 Å². The molecule has 0 radical (unpaired) electrons. The van der Waals surface area contributed by atoms with Crippen LogP contribution >= 0.6 is 0 Å². The van der Waals surface area contributed by atoms with Crippen molar-refractivity contribution in [2.75, 3.05) is 6.61 Å². The lowest BCUT2D eigenvalue weighted by atomic mass is 10.0. The molecule has 3 N–H and O–H groups in total. The van der Waals surface area contributed by atoms with Gasteiger partial charge in [0.2, 0.25) is 5.88 Å². The first-order valence-corrected chi connectivity index (χ1v) is 7.02. The highest BCUT2D eigenvalue weighted by Crippen LogP contribution is 2.32. The van der Waals surface area contributed by atoms with E-state index in [1.807, 2.05) is 13.8 Å². The van der Waals surface area contributed by atoms with E-state index >= 15 is 0 Å². The fourth-order valence-electron chi connectivity index (χ4n) is 2.26. The first-order chi connectivity index (χ1) is 9.17. The molecule has 1 aromatic rings. The molecule has 0 amide bonds. The molecule has 104 valence electrons. The number of nitrogen functional groups attached to an aromatic ring is 1. The predicted octanol–water partition coefficient (Wildman–Crippen LogP) is 2.06. The van der Waals surface area contributed by atoms with Gasteiger partial charge in [0, 0.05) is 0 Å². The summed E-state index contributed by atoms with van der Waals surface area (Å²) in [5.74, 6) is 1.25. The summed E-state index contributed by atoms with van der Waals surface area (Å²) in [7, 11) is 0. The summed E-state index contributed by atoms with van der Waals surface area (Å²) in [5, 5.41) is 16.1. The SMILES string of the molecule is CCc1nnc(OCCC2CC2)c(C(=N)N)c1CC. The van der Waals surface area contributed by atoms with E-state index in [0.29, 0.717) is 18.1 Å². The molecule has 0 spiro atoms. The van der Waals surface area contributed by atoms with Gasteiger partial charge in [-0.2, -0.15) is 5.10 Å². The van der Waals surface area contributed by atoms with Gasteiger partial charge in [0.1, 0.15) is 5.84 Å². The first-order valence-electron chi connectivity index (χ1n) is 7.02. The molecule has 19 heavy (non-hydrogen) atoms. The Balaban J connectivity index is 2.22. The molecular formula is C14H22N4O. The minimum absolute atomic E-state index is 0.0165. The van der Waals surface area contributed by atoms with Crippen LogP contribution in [-0.4, -0.2) is 22.6 Å². The van der Waals surface area contributed by atoms with E-state index in [1.165, 1.54) is 12.8 Å². The van der Waals surface area contributed by atoms with E-state index in [0.717, 1.165) is 36.4 Å². The predicted molar refractivity (Wildman–Crippen MR) is 74.6 cm³/mol. The van der Waals surface area contributed by atoms with Crippen molar-refractivity contribution < 1.29 is 4.74 Å². The van der Waals surface area contributed by atoms with Crippen LogP contribution in [0.5, 0.6) is 5.88 Å². The van der Waals surface area contributed by atoms with Gasteiger partial charge in [-0.05, 0) is 30.7 Å². The van der Waals surface area contributed by atoms with E-state index < -0.39 is 0 Å². The molecule has 0 atom stereocenters. The Kier molecular flexibility index (Phi) is 4.35. The van der Waals surface area contributed by atoms with Crippen molar-refractivity contribution in [1.82, 2.24) is 10.2 Å². The van der Waals surface area contributed by atoms with E-state index in [1.54, 1.807) is 0 Å². The number of rotatable bonds is 7. The normalized spacial score (nSPS) is 14.4. The minimum atomic E-state index is 0.0165. The Hall–Kier alpha value is -1.65. The smallest absolute Gasteiger partial charge is 0.244 e. The van der Waals surface area contributed by atoms with Crippen molar-refractivity contribution in [2.24, 2.45) is 11.7 Å². The summed E-state index contributed by atoms with van der Waals surface area (Å²) >= 11 is 0. The molecular weight excluding hydrogens is 240 g/mol. The zero-order valence-corrected chi connectivity index (χ0v) is 11.7. The number of hydrogen-bond donors (Lipinski definition) is 2. The molecule has 1 aliphatic rings. The van der Waals surface area contributed by atoms with Crippen LogP contribution in [0, 0.1) is 11.3 Å². The molecule has 5 nitrogen and oxygen atoms in total. The van der Waals surface area contributed by atoms with Gasteiger partial charge < -0.3 is 10.5 Å². The standard InChI is InChI=1S/C14H22N4O/c1-3-10-11(4-2)17-18-14(12(10)13(15)16)19-8-7-9-5-6-9/h9H,3-8H2,1-2H3,(H3,15,16). The zero-order chi connectivity index (χ0) is 13.8. The average molecular weight is 262 g/mol. The highest BCUT2D eigenvalue weighted by Gasteiger charge is 2.22. The molecule has 1 aromatic heterocycles. The monoisotopic (exact) mass is 262 g/mol. The number of amidine groups is 1. The fourth-order valence-corrected chi connectivity index (χ4v) is 2.26. The number of nitrogens with two attached hydrogens (primary N) is 1. The van der Waals surface area contributed by atoms with Crippen LogP contribution < -0.4 is 10.5 Å². The van der Waals surface area contributed by atoms with E-state index in [9.17, 15) is 0 Å². The number of hydrogen-bond acceptors (Lipinski definition) is 4. The molecule has 1 aliphatic carbocycles. The second-order valence-corrected chi connectivity index (χ2v) is 5.01. The van der Waals surface area contributed by atoms with Gasteiger partial charge in [0.25, 0.3) is 0 Å². The summed E-state index contributed by atoms with van der Waals surface area (Å²) in [6.45, 7) is 4.70. The van der Waals surface area contributed by atoms with Crippen LogP contribution in [0.4, 0.5) is 0 Å². The summed E-state index contributed by atoms with van der Waals surface area (Å²) < 4.78 is 5.70. The van der Waals surface area contributed by atoms with Gasteiger partial charge in [-0.1, -0.05) is 26.7 Å². The summed E-state index contributed by atoms with van der Waals surface area (Å²) in [4.78, 5) is 0. The lowest BCUT2D eigenvalue weighted by molar-refractivity contribution is 0.286. The van der Waals surface area contributed by atoms with Gasteiger partial charge in [-0.3, -0.25) is 5.41 Å². The van der Waals surface area contributed by atoms with Crippen LogP contribution in [0.1, 0.15) is 49.9 Å². The highest BCUT2D eigenvalue weighted by molar-refractivity contribution is 5.98. The minimum Gasteiger partial charge on any atom is -0.476 e. The number of nitrogens with one attached hydrogen (secondary N) is 1. The third kappa shape index (κ3) is 3.22. The van der Waals surface area contributed by atoms with Gasteiger partial charge in [-0.25, -0.2) is 0 Å². The second-order valence-electron chi connectivity index (χ2n) is 5.01. The van der Waals surface area contributed by atoms with Gasteiger partial charge in [-0.15, -0.1) is 5.10 Å². The van der Waals surface area contributed by atoms with Crippen molar-refractivity contribution in [3.8, 4) is 5.88 Å². The van der Waals surface area contributed by atoms with Gasteiger partial charge in [0.05, 0.1) is 17.9 Å². The quantitative estimate of drug-likeness (QED) is 0.582. The van der Waals surface area contributed by atoms with E-state index in [2.05, 4.69) is 10.2 Å². The summed E-state index contributed by atoms with van der Waals surface area (Å²) in [5.41, 5.74) is 8.22. The zero-order valence-electron chi connectivity index (χ0n) is 11.7. The van der Waals surface area contributed by atoms with Gasteiger partial charge in [0.15, 0.2) is 0 Å². The molecule has 0 unspecified atom stereocenters. The van der Waals surface area contributed by atoms with Crippen molar-refractivity contribution in [3.05, 3.63) is 16.8 Å². The average Bonchev–Trinajstić information content (AvgIpc) is 3.21. The van der Waals surface area contributed by atoms with Crippen LogP contribution in [-0.2, 0) is 12.8 Å². The van der Waals surface area contributed by atoms with Gasteiger partial charge >= 0.3 is 0 Å². The van der Waals surface area contributed by atoms with Crippen molar-refractivity contribution >= 4 is 5.84 Å². The lowest BCUT2D eigenvalue weighted by Gasteiger charge is -2.14. The number of aryl methyl sites for hydroxylation is 1. The number of aromatic nitrogens is 2. The van der Waals surface area contributed by atoms with Crippen LogP contribution in [0.25, 0.3) is 0 Å². The Morgan fingerprint density at radius 1 is 1.32 bits per heavy atom. The van der Waals surface area contributed by atoms with Crippen molar-refractivity contribution in [2.45, 2.75) is 46.0 Å². The molecule has 1 heterocycles. The second kappa shape index (κ2) is 5.99. The van der Waals surface area contributed by atoms with Crippen LogP contribution in [0.3, 0.4) is 0 Å². The molecule has 0 saturated heterocycles. The summed E-state index contributed by atoms with van der Waals surface area (Å²) in [6, 6.07) is 0. The molecule has 0 aromatic carbocycles.